The molecule has 0 aromatic heterocycles. The van der Waals surface area contributed by atoms with Gasteiger partial charge in [0, 0.05) is 12.1 Å². The number of esters is 1. The number of hydrogen-bond donors (Lipinski definition) is 0. The first kappa shape index (κ1) is 21.4. The number of thiocarbonyl (C=S) groups is 1. The van der Waals surface area contributed by atoms with Crippen LogP contribution in [0.3, 0.4) is 0 Å². The van der Waals surface area contributed by atoms with Gasteiger partial charge in [0.25, 0.3) is 11.6 Å². The first-order valence-electron chi connectivity index (χ1n) is 9.32. The van der Waals surface area contributed by atoms with Gasteiger partial charge in [-0.2, -0.15) is 0 Å². The average molecular weight is 463 g/mol. The molecule has 0 atom stereocenters. The van der Waals surface area contributed by atoms with Crippen molar-refractivity contribution in [1.29, 1.82) is 0 Å². The van der Waals surface area contributed by atoms with Crippen LogP contribution in [0.2, 0.25) is 0 Å². The molecule has 1 aliphatic heterocycles. The Morgan fingerprint density at radius 2 is 1.75 bits per heavy atom. The Labute approximate surface area is 192 Å². The highest BCUT2D eigenvalue weighted by Gasteiger charge is 2.33. The summed E-state index contributed by atoms with van der Waals surface area (Å²) in [6.45, 7) is 0. The van der Waals surface area contributed by atoms with Gasteiger partial charge in [-0.3, -0.25) is 19.8 Å². The third kappa shape index (κ3) is 4.58. The zero-order valence-electron chi connectivity index (χ0n) is 16.3. The minimum absolute atomic E-state index is 0.0767. The van der Waals surface area contributed by atoms with Crippen molar-refractivity contribution in [2.24, 2.45) is 0 Å². The van der Waals surface area contributed by atoms with E-state index in [-0.39, 0.29) is 22.9 Å². The molecule has 1 aliphatic rings. The van der Waals surface area contributed by atoms with Gasteiger partial charge in [-0.1, -0.05) is 60.4 Å². The van der Waals surface area contributed by atoms with Crippen LogP contribution in [0.15, 0.2) is 83.8 Å². The van der Waals surface area contributed by atoms with Gasteiger partial charge in [0.15, 0.2) is 4.32 Å². The number of nitrogens with zero attached hydrogens (tertiary/aromatic N) is 2. The number of carbonyl (C=O) groups excluding carboxylic acids is 2. The first-order chi connectivity index (χ1) is 15.4. The van der Waals surface area contributed by atoms with Crippen LogP contribution in [-0.2, 0) is 4.79 Å². The van der Waals surface area contributed by atoms with Gasteiger partial charge in [0.05, 0.1) is 21.1 Å². The van der Waals surface area contributed by atoms with Crippen molar-refractivity contribution in [3.63, 3.8) is 0 Å². The fourth-order valence-corrected chi connectivity index (χ4v) is 4.26. The molecule has 32 heavy (non-hydrogen) atoms. The highest BCUT2D eigenvalue weighted by Crippen LogP contribution is 2.36. The van der Waals surface area contributed by atoms with Crippen LogP contribution in [0.1, 0.15) is 15.9 Å². The van der Waals surface area contributed by atoms with Crippen molar-refractivity contribution in [2.45, 2.75) is 0 Å². The molecule has 0 N–H and O–H groups in total. The zero-order chi connectivity index (χ0) is 22.7. The summed E-state index contributed by atoms with van der Waals surface area (Å²) in [6, 6.07) is 21.1. The number of para-hydroxylation sites is 1. The lowest BCUT2D eigenvalue weighted by Gasteiger charge is -2.13. The standard InChI is InChI=1S/C23H14N2O5S2/c26-21-20(32-23(31)24(21)17-6-2-1-3-7-17)13-15-9-11-19(12-10-15)30-22(27)16-5-4-8-18(14-16)25(28)29/h1-14H. The lowest BCUT2D eigenvalue weighted by Crippen LogP contribution is -2.27. The fraction of sp³-hybridized carbons (Fsp3) is 0. The SMILES string of the molecule is O=C(Oc1ccc(C=C2SC(=S)N(c3ccccc3)C2=O)cc1)c1cccc([N+](=O)[O-])c1. The van der Waals surface area contributed by atoms with E-state index in [1.54, 1.807) is 30.3 Å². The third-order valence-electron chi connectivity index (χ3n) is 4.49. The van der Waals surface area contributed by atoms with E-state index in [4.69, 9.17) is 17.0 Å². The fourth-order valence-electron chi connectivity index (χ4n) is 2.96. The molecule has 0 radical (unpaired) electrons. The molecule has 1 fully saturated rings. The smallest absolute Gasteiger partial charge is 0.343 e. The number of benzene rings is 3. The Kier molecular flexibility index (Phi) is 6.11. The van der Waals surface area contributed by atoms with Gasteiger partial charge < -0.3 is 4.74 Å². The maximum atomic E-state index is 12.8. The molecule has 9 heteroatoms. The summed E-state index contributed by atoms with van der Waals surface area (Å²) >= 11 is 6.58. The summed E-state index contributed by atoms with van der Waals surface area (Å²) in [5.74, 6) is -0.631. The summed E-state index contributed by atoms with van der Waals surface area (Å²) in [5, 5.41) is 10.9. The van der Waals surface area contributed by atoms with Gasteiger partial charge in [-0.05, 0) is 42.0 Å². The molecule has 3 aromatic rings. The van der Waals surface area contributed by atoms with Gasteiger partial charge in [-0.25, -0.2) is 4.79 Å². The molecule has 0 spiro atoms. The molecule has 0 saturated carbocycles. The van der Waals surface area contributed by atoms with Crippen LogP contribution >= 0.6 is 24.0 Å². The molecule has 158 valence electrons. The van der Waals surface area contributed by atoms with Crippen molar-refractivity contribution in [3.8, 4) is 5.75 Å². The Hall–Kier alpha value is -3.82. The summed E-state index contributed by atoms with van der Waals surface area (Å²) in [6.07, 6.45) is 1.72. The van der Waals surface area contributed by atoms with Crippen LogP contribution in [0.25, 0.3) is 6.08 Å². The monoisotopic (exact) mass is 462 g/mol. The summed E-state index contributed by atoms with van der Waals surface area (Å²) in [7, 11) is 0. The Morgan fingerprint density at radius 3 is 2.44 bits per heavy atom. The van der Waals surface area contributed by atoms with Crippen LogP contribution in [0, 0.1) is 10.1 Å². The van der Waals surface area contributed by atoms with E-state index in [1.807, 2.05) is 30.3 Å². The largest absolute Gasteiger partial charge is 0.423 e. The molecule has 3 aromatic carbocycles. The molecular formula is C23H14N2O5S2. The second kappa shape index (κ2) is 9.13. The van der Waals surface area contributed by atoms with Crippen molar-refractivity contribution in [2.75, 3.05) is 4.90 Å². The van der Waals surface area contributed by atoms with Gasteiger partial charge in [-0.15, -0.1) is 0 Å². The van der Waals surface area contributed by atoms with E-state index in [0.29, 0.717) is 14.9 Å². The van der Waals surface area contributed by atoms with Crippen LogP contribution in [0.4, 0.5) is 11.4 Å². The molecule has 0 aliphatic carbocycles. The molecule has 4 rings (SSSR count). The van der Waals surface area contributed by atoms with E-state index in [0.717, 1.165) is 11.6 Å². The number of nitro benzene ring substituents is 1. The quantitative estimate of drug-likeness (QED) is 0.128. The summed E-state index contributed by atoms with van der Waals surface area (Å²) in [5.41, 5.74) is 1.32. The predicted octanol–water partition coefficient (Wildman–Crippen LogP) is 5.22. The number of thioether (sulfide) groups is 1. The molecule has 0 bridgehead atoms. The van der Waals surface area contributed by atoms with Crippen LogP contribution in [-0.4, -0.2) is 21.1 Å². The number of rotatable bonds is 5. The maximum absolute atomic E-state index is 12.8. The topological polar surface area (TPSA) is 89.8 Å². The minimum atomic E-state index is -0.704. The predicted molar refractivity (Wildman–Crippen MR) is 127 cm³/mol. The minimum Gasteiger partial charge on any atom is -0.423 e. The zero-order valence-corrected chi connectivity index (χ0v) is 18.0. The van der Waals surface area contributed by atoms with E-state index in [2.05, 4.69) is 0 Å². The number of non-ortho nitro benzene ring substituents is 1. The van der Waals surface area contributed by atoms with Crippen molar-refractivity contribution >= 4 is 57.6 Å². The Bertz CT molecular complexity index is 1260. The van der Waals surface area contributed by atoms with E-state index < -0.39 is 10.9 Å². The third-order valence-corrected chi connectivity index (χ3v) is 5.79. The normalized spacial score (nSPS) is 14.6. The van der Waals surface area contributed by atoms with Crippen LogP contribution in [0.5, 0.6) is 5.75 Å². The lowest BCUT2D eigenvalue weighted by molar-refractivity contribution is -0.384. The maximum Gasteiger partial charge on any atom is 0.343 e. The second-order valence-electron chi connectivity index (χ2n) is 6.62. The van der Waals surface area contributed by atoms with E-state index >= 15 is 0 Å². The molecule has 1 amide bonds. The highest BCUT2D eigenvalue weighted by atomic mass is 32.2. The first-order valence-corrected chi connectivity index (χ1v) is 10.5. The highest BCUT2D eigenvalue weighted by molar-refractivity contribution is 8.27. The summed E-state index contributed by atoms with van der Waals surface area (Å²) < 4.78 is 5.74. The number of carbonyl (C=O) groups is 2. The van der Waals surface area contributed by atoms with Gasteiger partial charge in [0.1, 0.15) is 5.75 Å². The number of ether oxygens (including phenoxy) is 1. The van der Waals surface area contributed by atoms with Gasteiger partial charge in [0.2, 0.25) is 0 Å². The number of hydrogen-bond acceptors (Lipinski definition) is 7. The van der Waals surface area contributed by atoms with E-state index in [1.165, 1.54) is 34.9 Å². The Morgan fingerprint density at radius 1 is 1.03 bits per heavy atom. The van der Waals surface area contributed by atoms with Crippen LogP contribution < -0.4 is 9.64 Å². The lowest BCUT2D eigenvalue weighted by atomic mass is 10.2. The molecule has 0 unspecified atom stereocenters. The molecular weight excluding hydrogens is 448 g/mol. The molecule has 7 nitrogen and oxygen atoms in total. The van der Waals surface area contributed by atoms with Crippen molar-refractivity contribution in [1.82, 2.24) is 0 Å². The van der Waals surface area contributed by atoms with Gasteiger partial charge >= 0.3 is 5.97 Å². The van der Waals surface area contributed by atoms with E-state index in [9.17, 15) is 19.7 Å². The molecule has 1 saturated heterocycles. The van der Waals surface area contributed by atoms with Crippen molar-refractivity contribution in [3.05, 3.63) is 105 Å². The average Bonchev–Trinajstić information content (AvgIpc) is 3.08. The van der Waals surface area contributed by atoms with Crippen molar-refractivity contribution < 1.29 is 19.2 Å². The number of amides is 1. The summed E-state index contributed by atoms with van der Waals surface area (Å²) in [4.78, 5) is 37.3. The number of nitro groups is 1. The molecule has 1 heterocycles. The second-order valence-corrected chi connectivity index (χ2v) is 8.29. The number of anilines is 1. The Balaban J connectivity index is 1.47.